The number of allylic oxidation sites excluding steroid dienone is 4. The van der Waals surface area contributed by atoms with Gasteiger partial charge in [-0.2, -0.15) is 0 Å². The van der Waals surface area contributed by atoms with E-state index in [1.54, 1.807) is 20.0 Å². The number of fused-ring (bicyclic) bond motifs is 3. The van der Waals surface area contributed by atoms with Crippen LogP contribution in [0.5, 0.6) is 0 Å². The van der Waals surface area contributed by atoms with E-state index in [-0.39, 0.29) is 0 Å². The Morgan fingerprint density at radius 1 is 0.957 bits per heavy atom. The Labute approximate surface area is 150 Å². The minimum absolute atomic E-state index is 0.628. The molecule has 0 fully saturated rings. The molecule has 2 aromatic rings. The summed E-state index contributed by atoms with van der Waals surface area (Å²) in [4.78, 5) is 0. The van der Waals surface area contributed by atoms with Crippen LogP contribution < -0.4 is 0 Å². The zero-order valence-corrected chi connectivity index (χ0v) is 16.1. The van der Waals surface area contributed by atoms with Gasteiger partial charge in [-0.15, -0.1) is 0 Å². The van der Waals surface area contributed by atoms with E-state index in [9.17, 15) is 0 Å². The molecule has 4 rings (SSSR count). The third-order valence-corrected chi connectivity index (χ3v) is 8.93. The second-order valence-electron chi connectivity index (χ2n) is 6.51. The van der Waals surface area contributed by atoms with E-state index in [0.29, 0.717) is 3.63 Å². The van der Waals surface area contributed by atoms with E-state index in [4.69, 9.17) is 0 Å². The van der Waals surface area contributed by atoms with Gasteiger partial charge >= 0.3 is 151 Å². The first-order chi connectivity index (χ1) is 11.4. The van der Waals surface area contributed by atoms with E-state index >= 15 is 0 Å². The molecule has 0 spiro atoms. The topological polar surface area (TPSA) is 0 Å². The number of rotatable bonds is 5. The predicted molar refractivity (Wildman–Crippen MR) is 94.0 cm³/mol. The van der Waals surface area contributed by atoms with Gasteiger partial charge in [0.05, 0.1) is 0 Å². The molecule has 0 aromatic heterocycles. The molecule has 0 heterocycles. The second-order valence-corrected chi connectivity index (χ2v) is 10.2. The van der Waals surface area contributed by atoms with Crippen molar-refractivity contribution >= 4 is 0 Å². The van der Waals surface area contributed by atoms with E-state index in [0.717, 1.165) is 0 Å². The Balaban J connectivity index is 1.61. The average Bonchev–Trinajstić information content (AvgIpc) is 3.17. The van der Waals surface area contributed by atoms with Crippen molar-refractivity contribution in [1.29, 1.82) is 0 Å². The fraction of sp³-hybridized carbons (Fsp3) is 0.273. The van der Waals surface area contributed by atoms with Gasteiger partial charge in [-0.05, 0) is 0 Å². The molecule has 2 aromatic carbocycles. The fourth-order valence-electron chi connectivity index (χ4n) is 3.73. The van der Waals surface area contributed by atoms with Gasteiger partial charge in [0, 0.05) is 0 Å². The van der Waals surface area contributed by atoms with Gasteiger partial charge in [-0.3, -0.25) is 0 Å². The predicted octanol–water partition coefficient (Wildman–Crippen LogP) is 6.24. The van der Waals surface area contributed by atoms with Crippen LogP contribution in [0.4, 0.5) is 0 Å². The molecule has 2 aliphatic carbocycles. The molecule has 23 heavy (non-hydrogen) atoms. The van der Waals surface area contributed by atoms with Crippen LogP contribution in [0, 0.1) is 0 Å². The maximum absolute atomic E-state index is 2.55. The van der Waals surface area contributed by atoms with E-state index < -0.39 is 23.2 Å². The SMILES string of the molecule is CCCCC1=CC[C]([Zr][CH]2c3ccccc3-c3ccccc32)=C1. The first-order valence-corrected chi connectivity index (χ1v) is 11.4. The van der Waals surface area contributed by atoms with Crippen molar-refractivity contribution in [3.8, 4) is 11.1 Å². The molecule has 0 atom stereocenters. The normalized spacial score (nSPS) is 15.9. The van der Waals surface area contributed by atoms with Crippen molar-refractivity contribution in [2.45, 2.75) is 36.2 Å². The van der Waals surface area contributed by atoms with Crippen molar-refractivity contribution in [2.75, 3.05) is 0 Å². The summed E-state index contributed by atoms with van der Waals surface area (Å²) in [7, 11) is 0. The van der Waals surface area contributed by atoms with Crippen molar-refractivity contribution in [1.82, 2.24) is 0 Å². The van der Waals surface area contributed by atoms with Crippen LogP contribution >= 0.6 is 0 Å². The molecule has 0 nitrogen and oxygen atoms in total. The summed E-state index contributed by atoms with van der Waals surface area (Å²) < 4.78 is 2.48. The number of hydrogen-bond donors (Lipinski definition) is 0. The molecular weight excluding hydrogens is 355 g/mol. The number of unbranched alkanes of at least 4 members (excludes halogenated alkanes) is 1. The molecule has 0 saturated heterocycles. The summed E-state index contributed by atoms with van der Waals surface area (Å²) in [5, 5.41) is 0. The third kappa shape index (κ3) is 2.97. The molecule has 0 bridgehead atoms. The molecule has 1 heteroatoms. The van der Waals surface area contributed by atoms with Crippen LogP contribution in [0.1, 0.15) is 47.4 Å². The Morgan fingerprint density at radius 3 is 2.26 bits per heavy atom. The van der Waals surface area contributed by atoms with Crippen molar-refractivity contribution in [3.05, 3.63) is 80.7 Å². The van der Waals surface area contributed by atoms with Crippen LogP contribution in [0.25, 0.3) is 11.1 Å². The minimum atomic E-state index is -0.628. The molecule has 0 saturated carbocycles. The van der Waals surface area contributed by atoms with Crippen LogP contribution in [0.2, 0.25) is 0 Å². The van der Waals surface area contributed by atoms with Gasteiger partial charge < -0.3 is 0 Å². The van der Waals surface area contributed by atoms with Gasteiger partial charge in [0.25, 0.3) is 0 Å². The van der Waals surface area contributed by atoms with Gasteiger partial charge in [0.1, 0.15) is 0 Å². The van der Waals surface area contributed by atoms with Crippen LogP contribution in [-0.2, 0) is 23.2 Å². The maximum atomic E-state index is 2.55. The van der Waals surface area contributed by atoms with Crippen molar-refractivity contribution < 1.29 is 23.2 Å². The van der Waals surface area contributed by atoms with E-state index in [2.05, 4.69) is 67.6 Å². The van der Waals surface area contributed by atoms with Crippen LogP contribution in [-0.4, -0.2) is 0 Å². The molecule has 0 unspecified atom stereocenters. The summed E-state index contributed by atoms with van der Waals surface area (Å²) in [5.41, 5.74) is 7.73. The number of benzene rings is 2. The average molecular weight is 378 g/mol. The molecule has 114 valence electrons. The number of hydrogen-bond acceptors (Lipinski definition) is 0. The summed E-state index contributed by atoms with van der Waals surface area (Å²) in [6.45, 7) is 2.28. The Hall–Kier alpha value is -1.20. The molecule has 0 aliphatic heterocycles. The summed E-state index contributed by atoms with van der Waals surface area (Å²) >= 11 is -0.628. The molecule has 2 aliphatic rings. The second kappa shape index (κ2) is 6.74. The standard InChI is InChI=1S/C13H9.C9H13.Zr/c1-3-7-12-10(5-1)9-11-6-2-4-8-13(11)12;1-2-3-6-9-7-4-5-8-9;/h1-9H;7-8H,2-4,6H2,1H3;. The summed E-state index contributed by atoms with van der Waals surface area (Å²) in [6.07, 6.45) is 10.2. The summed E-state index contributed by atoms with van der Waals surface area (Å²) in [6, 6.07) is 18.1. The Morgan fingerprint density at radius 2 is 1.61 bits per heavy atom. The van der Waals surface area contributed by atoms with Gasteiger partial charge in [-0.25, -0.2) is 0 Å². The van der Waals surface area contributed by atoms with E-state index in [1.807, 2.05) is 0 Å². The molecule has 0 amide bonds. The Kier molecular flexibility index (Phi) is 4.49. The fourth-order valence-corrected chi connectivity index (χ4v) is 7.85. The molecular formula is C22H22Zr. The van der Waals surface area contributed by atoms with Gasteiger partial charge in [0.15, 0.2) is 0 Å². The molecule has 0 N–H and O–H groups in total. The van der Waals surface area contributed by atoms with Crippen LogP contribution in [0.3, 0.4) is 0 Å². The van der Waals surface area contributed by atoms with Crippen molar-refractivity contribution in [2.24, 2.45) is 0 Å². The van der Waals surface area contributed by atoms with E-state index in [1.165, 1.54) is 36.8 Å². The first-order valence-electron chi connectivity index (χ1n) is 8.71. The van der Waals surface area contributed by atoms with Crippen molar-refractivity contribution in [3.63, 3.8) is 0 Å². The monoisotopic (exact) mass is 376 g/mol. The summed E-state index contributed by atoms with van der Waals surface area (Å²) in [5.74, 6) is 0. The Bertz CT molecular complexity index is 737. The quantitative estimate of drug-likeness (QED) is 0.578. The van der Waals surface area contributed by atoms with Gasteiger partial charge in [0.2, 0.25) is 0 Å². The molecule has 0 radical (unpaired) electrons. The van der Waals surface area contributed by atoms with Crippen LogP contribution in [0.15, 0.2) is 69.5 Å². The van der Waals surface area contributed by atoms with Gasteiger partial charge in [-0.1, -0.05) is 0 Å². The zero-order valence-electron chi connectivity index (χ0n) is 13.7. The first kappa shape index (κ1) is 15.3. The zero-order chi connectivity index (χ0) is 15.6. The third-order valence-electron chi connectivity index (χ3n) is 4.93.